The maximum Gasteiger partial charge on any atom is 0.314 e. The monoisotopic (exact) mass is 241 g/mol. The third kappa shape index (κ3) is 3.92. The summed E-state index contributed by atoms with van der Waals surface area (Å²) in [6.07, 6.45) is 0. The summed E-state index contributed by atoms with van der Waals surface area (Å²) in [5.41, 5.74) is -1.23. The van der Waals surface area contributed by atoms with Crippen LogP contribution in [0.2, 0.25) is 0 Å². The minimum Gasteiger partial charge on any atom is -0.496 e. The highest BCUT2D eigenvalue weighted by Gasteiger charge is 2.20. The zero-order valence-corrected chi connectivity index (χ0v) is 9.97. The van der Waals surface area contributed by atoms with Gasteiger partial charge in [-0.2, -0.15) is 0 Å². The molecule has 1 rings (SSSR count). The molecule has 6 heteroatoms. The van der Waals surface area contributed by atoms with Crippen molar-refractivity contribution in [1.82, 2.24) is 0 Å². The van der Waals surface area contributed by atoms with Crippen LogP contribution >= 0.6 is 0 Å². The van der Waals surface area contributed by atoms with Crippen molar-refractivity contribution in [3.8, 4) is 11.5 Å². The number of hydrogen-bond acceptors (Lipinski definition) is 5. The molecular formula is C11H15NO5. The Morgan fingerprint density at radius 1 is 1.47 bits per heavy atom. The van der Waals surface area contributed by atoms with Gasteiger partial charge in [0, 0.05) is 0 Å². The van der Waals surface area contributed by atoms with Gasteiger partial charge in [0.1, 0.15) is 12.4 Å². The number of ether oxygens (including phenoxy) is 2. The van der Waals surface area contributed by atoms with Crippen LogP contribution in [0.3, 0.4) is 0 Å². The van der Waals surface area contributed by atoms with Gasteiger partial charge in [-0.15, -0.1) is 0 Å². The first-order valence-electron chi connectivity index (χ1n) is 5.01. The minimum absolute atomic E-state index is 0.0276. The Bertz CT molecular complexity index is 411. The fraction of sp³-hybridized carbons (Fsp3) is 0.455. The SMILES string of the molecule is COc1ccc(OCC(C)(C)O)c([N+](=O)[O-])c1. The molecule has 0 bridgehead atoms. The van der Waals surface area contributed by atoms with E-state index in [9.17, 15) is 15.2 Å². The van der Waals surface area contributed by atoms with Gasteiger partial charge in [-0.05, 0) is 26.0 Å². The summed E-state index contributed by atoms with van der Waals surface area (Å²) in [5, 5.41) is 20.3. The molecule has 0 saturated carbocycles. The van der Waals surface area contributed by atoms with E-state index in [1.165, 1.54) is 19.2 Å². The molecule has 1 aromatic carbocycles. The van der Waals surface area contributed by atoms with E-state index in [2.05, 4.69) is 0 Å². The first-order valence-corrected chi connectivity index (χ1v) is 5.01. The lowest BCUT2D eigenvalue weighted by molar-refractivity contribution is -0.386. The first kappa shape index (κ1) is 13.2. The summed E-state index contributed by atoms with van der Waals surface area (Å²) in [7, 11) is 1.43. The lowest BCUT2D eigenvalue weighted by atomic mass is 10.2. The highest BCUT2D eigenvalue weighted by Crippen LogP contribution is 2.31. The van der Waals surface area contributed by atoms with E-state index in [4.69, 9.17) is 9.47 Å². The third-order valence-corrected chi connectivity index (χ3v) is 1.94. The Morgan fingerprint density at radius 3 is 2.59 bits per heavy atom. The maximum absolute atomic E-state index is 10.8. The second kappa shape index (κ2) is 5.01. The van der Waals surface area contributed by atoms with Gasteiger partial charge < -0.3 is 14.6 Å². The molecule has 0 saturated heterocycles. The largest absolute Gasteiger partial charge is 0.496 e. The summed E-state index contributed by atoms with van der Waals surface area (Å²) >= 11 is 0. The number of aliphatic hydroxyl groups is 1. The van der Waals surface area contributed by atoms with E-state index in [-0.39, 0.29) is 18.0 Å². The van der Waals surface area contributed by atoms with Crippen LogP contribution in [0.25, 0.3) is 0 Å². The fourth-order valence-electron chi connectivity index (χ4n) is 1.14. The quantitative estimate of drug-likeness (QED) is 0.627. The minimum atomic E-state index is -1.05. The molecule has 0 radical (unpaired) electrons. The number of nitrogens with zero attached hydrogens (tertiary/aromatic N) is 1. The molecule has 1 N–H and O–H groups in total. The summed E-state index contributed by atoms with van der Waals surface area (Å²) in [5.74, 6) is 0.491. The van der Waals surface area contributed by atoms with Crippen LogP contribution in [0, 0.1) is 10.1 Å². The lowest BCUT2D eigenvalue weighted by Gasteiger charge is -2.17. The van der Waals surface area contributed by atoms with Crippen molar-refractivity contribution in [2.45, 2.75) is 19.4 Å². The topological polar surface area (TPSA) is 81.8 Å². The van der Waals surface area contributed by atoms with E-state index in [1.54, 1.807) is 19.9 Å². The first-order chi connectivity index (χ1) is 7.83. The van der Waals surface area contributed by atoms with Crippen LogP contribution in [-0.4, -0.2) is 29.3 Å². The van der Waals surface area contributed by atoms with Crippen LogP contribution in [-0.2, 0) is 0 Å². The Balaban J connectivity index is 2.95. The van der Waals surface area contributed by atoms with Crippen molar-refractivity contribution in [2.24, 2.45) is 0 Å². The number of hydrogen-bond donors (Lipinski definition) is 1. The van der Waals surface area contributed by atoms with Gasteiger partial charge in [0.2, 0.25) is 0 Å². The van der Waals surface area contributed by atoms with E-state index < -0.39 is 10.5 Å². The molecule has 0 heterocycles. The molecule has 0 aliphatic heterocycles. The predicted octanol–water partition coefficient (Wildman–Crippen LogP) is 1.75. The molecule has 0 unspecified atom stereocenters. The van der Waals surface area contributed by atoms with Crippen LogP contribution in [0.5, 0.6) is 11.5 Å². The summed E-state index contributed by atoms with van der Waals surface area (Å²) in [4.78, 5) is 10.3. The van der Waals surface area contributed by atoms with Crippen LogP contribution in [0.15, 0.2) is 18.2 Å². The molecule has 0 amide bonds. The van der Waals surface area contributed by atoms with Crippen LogP contribution < -0.4 is 9.47 Å². The Morgan fingerprint density at radius 2 is 2.12 bits per heavy atom. The van der Waals surface area contributed by atoms with E-state index >= 15 is 0 Å². The van der Waals surface area contributed by atoms with Gasteiger partial charge in [-0.1, -0.05) is 0 Å². The fourth-order valence-corrected chi connectivity index (χ4v) is 1.14. The maximum atomic E-state index is 10.8. The molecule has 17 heavy (non-hydrogen) atoms. The van der Waals surface area contributed by atoms with Crippen LogP contribution in [0.4, 0.5) is 5.69 Å². The molecule has 0 aromatic heterocycles. The zero-order valence-electron chi connectivity index (χ0n) is 9.97. The lowest BCUT2D eigenvalue weighted by Crippen LogP contribution is -2.28. The molecule has 6 nitrogen and oxygen atoms in total. The van der Waals surface area contributed by atoms with Crippen molar-refractivity contribution in [2.75, 3.05) is 13.7 Å². The molecule has 0 atom stereocenters. The van der Waals surface area contributed by atoms with Gasteiger partial charge in [-0.3, -0.25) is 10.1 Å². The number of nitro benzene ring substituents is 1. The van der Waals surface area contributed by atoms with Gasteiger partial charge >= 0.3 is 5.69 Å². The smallest absolute Gasteiger partial charge is 0.314 e. The normalized spacial score (nSPS) is 11.1. The summed E-state index contributed by atoms with van der Waals surface area (Å²) in [6, 6.07) is 4.29. The highest BCUT2D eigenvalue weighted by atomic mass is 16.6. The van der Waals surface area contributed by atoms with E-state index in [0.29, 0.717) is 5.75 Å². The van der Waals surface area contributed by atoms with Crippen LogP contribution in [0.1, 0.15) is 13.8 Å². The third-order valence-electron chi connectivity index (χ3n) is 1.94. The average Bonchev–Trinajstić information content (AvgIpc) is 2.25. The molecule has 0 fully saturated rings. The van der Waals surface area contributed by atoms with Crippen molar-refractivity contribution in [3.63, 3.8) is 0 Å². The number of rotatable bonds is 5. The average molecular weight is 241 g/mol. The van der Waals surface area contributed by atoms with Gasteiger partial charge in [-0.25, -0.2) is 0 Å². The molecular weight excluding hydrogens is 226 g/mol. The predicted molar refractivity (Wildman–Crippen MR) is 61.4 cm³/mol. The van der Waals surface area contributed by atoms with Crippen molar-refractivity contribution in [3.05, 3.63) is 28.3 Å². The van der Waals surface area contributed by atoms with Crippen molar-refractivity contribution in [1.29, 1.82) is 0 Å². The standard InChI is InChI=1S/C11H15NO5/c1-11(2,13)7-17-10-5-4-8(16-3)6-9(10)12(14)15/h4-6,13H,7H2,1-3H3. The number of nitro groups is 1. The zero-order chi connectivity index (χ0) is 13.1. The number of benzene rings is 1. The second-order valence-corrected chi connectivity index (χ2v) is 4.19. The molecule has 0 spiro atoms. The second-order valence-electron chi connectivity index (χ2n) is 4.19. The molecule has 0 aliphatic rings. The van der Waals surface area contributed by atoms with E-state index in [1.807, 2.05) is 0 Å². The van der Waals surface area contributed by atoms with Crippen molar-refractivity contribution < 1.29 is 19.5 Å². The Kier molecular flexibility index (Phi) is 3.90. The van der Waals surface area contributed by atoms with E-state index in [0.717, 1.165) is 0 Å². The van der Waals surface area contributed by atoms with Crippen molar-refractivity contribution >= 4 is 5.69 Å². The molecule has 0 aliphatic carbocycles. The summed E-state index contributed by atoms with van der Waals surface area (Å²) < 4.78 is 10.1. The Labute approximate surface area is 98.9 Å². The highest BCUT2D eigenvalue weighted by molar-refractivity contribution is 5.50. The molecule has 94 valence electrons. The van der Waals surface area contributed by atoms with Gasteiger partial charge in [0.05, 0.1) is 23.7 Å². The summed E-state index contributed by atoms with van der Waals surface area (Å²) in [6.45, 7) is 3.09. The number of methoxy groups -OCH3 is 1. The van der Waals surface area contributed by atoms with Gasteiger partial charge in [0.25, 0.3) is 0 Å². The Hall–Kier alpha value is -1.82. The van der Waals surface area contributed by atoms with Gasteiger partial charge in [0.15, 0.2) is 5.75 Å². The molecule has 1 aromatic rings.